The predicted molar refractivity (Wildman–Crippen MR) is 130 cm³/mol. The Kier molecular flexibility index (Phi) is 8.02. The lowest BCUT2D eigenvalue weighted by Gasteiger charge is -2.37. The number of rotatable bonds is 3. The van der Waals surface area contributed by atoms with Crippen molar-refractivity contribution in [2.75, 3.05) is 36.4 Å². The van der Waals surface area contributed by atoms with Crippen LogP contribution in [0.4, 0.5) is 21.0 Å². The molecule has 0 unspecified atom stereocenters. The van der Waals surface area contributed by atoms with Crippen LogP contribution in [0, 0.1) is 11.3 Å². The fraction of sp³-hybridized carbons (Fsp3) is 0.560. The van der Waals surface area contributed by atoms with E-state index in [-0.39, 0.29) is 6.09 Å². The zero-order valence-electron chi connectivity index (χ0n) is 21.0. The second kappa shape index (κ2) is 10.2. The molecular weight excluding hydrogens is 420 g/mol. The second-order valence-electron chi connectivity index (χ2n) is 10.4. The summed E-state index contributed by atoms with van der Waals surface area (Å²) < 4.78 is 10.8. The first-order valence-electron chi connectivity index (χ1n) is 11.1. The molecule has 1 fully saturated rings. The Balaban J connectivity index is 2.28. The summed E-state index contributed by atoms with van der Waals surface area (Å²) in [5.41, 5.74) is 2.38. The molecule has 8 heteroatoms. The standard InChI is InChI=1S/C25H36N4O4/c1-17(2)13-18-15-21(19(16-26)14-20(18)27-22(30)32-24(3,4)5)28-9-11-29(12-10-28)23(31)33-25(6,7)8/h13-15H,9-12H2,1-8H3,(H,27,30). The van der Waals surface area contributed by atoms with Gasteiger partial charge in [0.05, 0.1) is 16.9 Å². The highest BCUT2D eigenvalue weighted by Gasteiger charge is 2.27. The summed E-state index contributed by atoms with van der Waals surface area (Å²) in [7, 11) is 0. The van der Waals surface area contributed by atoms with Crippen molar-refractivity contribution in [3.63, 3.8) is 0 Å². The van der Waals surface area contributed by atoms with Crippen LogP contribution in [0.15, 0.2) is 17.7 Å². The Morgan fingerprint density at radius 2 is 1.58 bits per heavy atom. The van der Waals surface area contributed by atoms with E-state index < -0.39 is 17.3 Å². The van der Waals surface area contributed by atoms with Crippen molar-refractivity contribution in [1.82, 2.24) is 4.90 Å². The van der Waals surface area contributed by atoms with E-state index >= 15 is 0 Å². The summed E-state index contributed by atoms with van der Waals surface area (Å²) >= 11 is 0. The smallest absolute Gasteiger partial charge is 0.412 e. The number of hydrogen-bond donors (Lipinski definition) is 1. The minimum Gasteiger partial charge on any atom is -0.444 e. The van der Waals surface area contributed by atoms with Gasteiger partial charge in [-0.25, -0.2) is 9.59 Å². The van der Waals surface area contributed by atoms with Crippen molar-refractivity contribution in [3.8, 4) is 6.07 Å². The number of benzene rings is 1. The van der Waals surface area contributed by atoms with Crippen LogP contribution in [0.3, 0.4) is 0 Å². The summed E-state index contributed by atoms with van der Waals surface area (Å²) in [5.74, 6) is 0. The molecule has 2 amide bonds. The average Bonchev–Trinajstić information content (AvgIpc) is 2.66. The maximum absolute atomic E-state index is 12.4. The average molecular weight is 457 g/mol. The SMILES string of the molecule is CC(C)=Cc1cc(N2CCN(C(=O)OC(C)(C)C)CC2)c(C#N)cc1NC(=O)OC(C)(C)C. The van der Waals surface area contributed by atoms with Crippen molar-refractivity contribution < 1.29 is 19.1 Å². The number of ether oxygens (including phenoxy) is 2. The van der Waals surface area contributed by atoms with Crippen LogP contribution >= 0.6 is 0 Å². The van der Waals surface area contributed by atoms with Gasteiger partial charge in [0.15, 0.2) is 0 Å². The Labute approximate surface area is 197 Å². The maximum Gasteiger partial charge on any atom is 0.412 e. The van der Waals surface area contributed by atoms with Crippen molar-refractivity contribution in [2.45, 2.75) is 66.6 Å². The molecule has 1 aromatic rings. The van der Waals surface area contributed by atoms with Gasteiger partial charge in [-0.05, 0) is 67.5 Å². The van der Waals surface area contributed by atoms with E-state index in [0.29, 0.717) is 37.4 Å². The van der Waals surface area contributed by atoms with Crippen LogP contribution in [0.2, 0.25) is 0 Å². The van der Waals surface area contributed by atoms with E-state index in [2.05, 4.69) is 16.3 Å². The van der Waals surface area contributed by atoms with E-state index in [1.165, 1.54) is 0 Å². The molecule has 0 radical (unpaired) electrons. The lowest BCUT2D eigenvalue weighted by atomic mass is 10.0. The number of amides is 2. The monoisotopic (exact) mass is 456 g/mol. The summed E-state index contributed by atoms with van der Waals surface area (Å²) in [5, 5.41) is 12.6. The molecule has 0 aromatic heterocycles. The van der Waals surface area contributed by atoms with E-state index in [1.807, 2.05) is 46.8 Å². The van der Waals surface area contributed by atoms with Crippen LogP contribution in [-0.4, -0.2) is 54.5 Å². The van der Waals surface area contributed by atoms with Gasteiger partial charge in [0.1, 0.15) is 17.3 Å². The van der Waals surface area contributed by atoms with E-state index in [4.69, 9.17) is 9.47 Å². The van der Waals surface area contributed by atoms with Gasteiger partial charge in [0, 0.05) is 31.7 Å². The highest BCUT2D eigenvalue weighted by Crippen LogP contribution is 2.31. The highest BCUT2D eigenvalue weighted by atomic mass is 16.6. The highest BCUT2D eigenvalue weighted by molar-refractivity contribution is 5.90. The third-order valence-corrected chi connectivity index (χ3v) is 4.64. The summed E-state index contributed by atoms with van der Waals surface area (Å²) in [6, 6.07) is 5.82. The summed E-state index contributed by atoms with van der Waals surface area (Å²) in [6.07, 6.45) is 1.05. The molecule has 1 aliphatic heterocycles. The molecule has 180 valence electrons. The number of carbonyl (C=O) groups excluding carboxylic acids is 2. The molecule has 0 saturated carbocycles. The molecule has 1 aliphatic rings. The Hall–Kier alpha value is -3.21. The number of anilines is 2. The van der Waals surface area contributed by atoms with E-state index in [0.717, 1.165) is 16.8 Å². The van der Waals surface area contributed by atoms with Gasteiger partial charge in [-0.3, -0.25) is 5.32 Å². The predicted octanol–water partition coefficient (Wildman–Crippen LogP) is 5.39. The van der Waals surface area contributed by atoms with Crippen molar-refractivity contribution in [3.05, 3.63) is 28.8 Å². The zero-order valence-corrected chi connectivity index (χ0v) is 21.0. The minimum absolute atomic E-state index is 0.329. The van der Waals surface area contributed by atoms with Gasteiger partial charge in [-0.2, -0.15) is 5.26 Å². The normalized spacial score (nSPS) is 14.3. The number of carbonyl (C=O) groups is 2. The first kappa shape index (κ1) is 26.0. The Bertz CT molecular complexity index is 952. The van der Waals surface area contributed by atoms with E-state index in [1.54, 1.807) is 31.7 Å². The van der Waals surface area contributed by atoms with Crippen molar-refractivity contribution in [1.29, 1.82) is 5.26 Å². The molecule has 8 nitrogen and oxygen atoms in total. The van der Waals surface area contributed by atoms with Crippen molar-refractivity contribution >= 4 is 29.6 Å². The molecule has 0 spiro atoms. The largest absolute Gasteiger partial charge is 0.444 e. The van der Waals surface area contributed by atoms with Gasteiger partial charge in [-0.1, -0.05) is 11.6 Å². The number of piperazine rings is 1. The maximum atomic E-state index is 12.4. The molecule has 33 heavy (non-hydrogen) atoms. The van der Waals surface area contributed by atoms with Gasteiger partial charge < -0.3 is 19.3 Å². The van der Waals surface area contributed by atoms with E-state index in [9.17, 15) is 14.9 Å². The molecule has 1 heterocycles. The number of nitrogens with zero attached hydrogens (tertiary/aromatic N) is 3. The summed E-state index contributed by atoms with van der Waals surface area (Å²) in [6.45, 7) is 17.0. The van der Waals surface area contributed by atoms with Crippen LogP contribution in [0.5, 0.6) is 0 Å². The number of hydrogen-bond acceptors (Lipinski definition) is 6. The Morgan fingerprint density at radius 1 is 1.00 bits per heavy atom. The van der Waals surface area contributed by atoms with Crippen molar-refractivity contribution in [2.24, 2.45) is 0 Å². The fourth-order valence-electron chi connectivity index (χ4n) is 3.36. The molecule has 1 aromatic carbocycles. The molecule has 0 atom stereocenters. The molecule has 1 N–H and O–H groups in total. The lowest BCUT2D eigenvalue weighted by molar-refractivity contribution is 0.0240. The first-order valence-corrected chi connectivity index (χ1v) is 11.1. The molecule has 0 bridgehead atoms. The number of nitrogens with one attached hydrogen (secondary N) is 1. The van der Waals surface area contributed by atoms with Gasteiger partial charge in [0.25, 0.3) is 0 Å². The van der Waals surface area contributed by atoms with Gasteiger partial charge in [-0.15, -0.1) is 0 Å². The molecular formula is C25H36N4O4. The van der Waals surface area contributed by atoms with Gasteiger partial charge in [0.2, 0.25) is 0 Å². The molecule has 1 saturated heterocycles. The quantitative estimate of drug-likeness (QED) is 0.656. The van der Waals surface area contributed by atoms with Crippen LogP contribution < -0.4 is 10.2 Å². The zero-order chi connectivity index (χ0) is 25.0. The van der Waals surface area contributed by atoms with Crippen LogP contribution in [0.1, 0.15) is 66.5 Å². The molecule has 0 aliphatic carbocycles. The van der Waals surface area contributed by atoms with Crippen LogP contribution in [-0.2, 0) is 9.47 Å². The number of nitriles is 1. The summed E-state index contributed by atoms with van der Waals surface area (Å²) in [4.78, 5) is 28.5. The minimum atomic E-state index is -0.632. The first-order chi connectivity index (χ1) is 15.2. The fourth-order valence-corrected chi connectivity index (χ4v) is 3.36. The lowest BCUT2D eigenvalue weighted by Crippen LogP contribution is -2.50. The van der Waals surface area contributed by atoms with Gasteiger partial charge >= 0.3 is 12.2 Å². The van der Waals surface area contributed by atoms with Crippen LogP contribution in [0.25, 0.3) is 6.08 Å². The third-order valence-electron chi connectivity index (χ3n) is 4.64. The molecule has 2 rings (SSSR count). The Morgan fingerprint density at radius 3 is 2.06 bits per heavy atom. The second-order valence-corrected chi connectivity index (χ2v) is 10.4. The third kappa shape index (κ3) is 8.01. The topological polar surface area (TPSA) is 94.9 Å². The number of allylic oxidation sites excluding steroid dienone is 1.